The van der Waals surface area contributed by atoms with Crippen LogP contribution in [0.15, 0.2) is 42.5 Å². The highest BCUT2D eigenvalue weighted by atomic mass is 19.4. The zero-order valence-corrected chi connectivity index (χ0v) is 18.7. The number of nitrogens with one attached hydrogen (secondary N) is 1. The molecule has 1 aliphatic carbocycles. The maximum absolute atomic E-state index is 14.8. The third kappa shape index (κ3) is 4.22. The summed E-state index contributed by atoms with van der Waals surface area (Å²) in [5, 5.41) is 2.51. The van der Waals surface area contributed by atoms with Crippen molar-refractivity contribution in [1.29, 1.82) is 0 Å². The van der Waals surface area contributed by atoms with Gasteiger partial charge in [-0.3, -0.25) is 19.3 Å². The molecule has 0 aromatic heterocycles. The SMILES string of the molecule is C#Cc1ccc(N2CC(=O)N(Cc3ccc(C(F)(F)F)cc3)C3(CC(C(=O)NC)C3)C2=O)c(F)c1. The highest BCUT2D eigenvalue weighted by Crippen LogP contribution is 2.47. The summed E-state index contributed by atoms with van der Waals surface area (Å²) >= 11 is 0. The fourth-order valence-electron chi connectivity index (χ4n) is 4.67. The Morgan fingerprint density at radius 1 is 1.17 bits per heavy atom. The van der Waals surface area contributed by atoms with Gasteiger partial charge < -0.3 is 10.2 Å². The van der Waals surface area contributed by atoms with Gasteiger partial charge in [0.25, 0.3) is 5.91 Å². The fraction of sp³-hybridized carbons (Fsp3) is 0.320. The Kier molecular flexibility index (Phi) is 6.05. The predicted molar refractivity (Wildman–Crippen MR) is 118 cm³/mol. The van der Waals surface area contributed by atoms with E-state index in [0.717, 1.165) is 23.1 Å². The molecule has 3 amide bonds. The van der Waals surface area contributed by atoms with E-state index in [1.807, 2.05) is 0 Å². The van der Waals surface area contributed by atoms with Crippen molar-refractivity contribution in [1.82, 2.24) is 10.2 Å². The molecule has 1 heterocycles. The van der Waals surface area contributed by atoms with E-state index in [0.29, 0.717) is 5.56 Å². The van der Waals surface area contributed by atoms with Gasteiger partial charge in [0.05, 0.1) is 11.3 Å². The minimum Gasteiger partial charge on any atom is -0.359 e. The van der Waals surface area contributed by atoms with E-state index in [1.54, 1.807) is 0 Å². The number of terminal acetylenes is 1. The molecule has 6 nitrogen and oxygen atoms in total. The maximum Gasteiger partial charge on any atom is 0.416 e. The summed E-state index contributed by atoms with van der Waals surface area (Å²) in [6.45, 7) is -0.590. The molecule has 0 bridgehead atoms. The summed E-state index contributed by atoms with van der Waals surface area (Å²) in [6, 6.07) is 8.15. The molecule has 2 aliphatic rings. The average Bonchev–Trinajstić information content (AvgIpc) is 2.79. The number of amides is 3. The number of carbonyl (C=O) groups is 3. The van der Waals surface area contributed by atoms with Crippen molar-refractivity contribution in [2.24, 2.45) is 5.92 Å². The Morgan fingerprint density at radius 3 is 2.37 bits per heavy atom. The normalized spacial score (nSPS) is 22.1. The van der Waals surface area contributed by atoms with E-state index in [4.69, 9.17) is 6.42 Å². The number of alkyl halides is 3. The lowest BCUT2D eigenvalue weighted by molar-refractivity contribution is -0.165. The Morgan fingerprint density at radius 2 is 1.83 bits per heavy atom. The summed E-state index contributed by atoms with van der Waals surface area (Å²) in [4.78, 5) is 41.4. The van der Waals surface area contributed by atoms with Crippen LogP contribution in [0.1, 0.15) is 29.5 Å². The van der Waals surface area contributed by atoms with Crippen molar-refractivity contribution in [3.8, 4) is 12.3 Å². The van der Waals surface area contributed by atoms with Crippen molar-refractivity contribution in [2.45, 2.75) is 31.1 Å². The summed E-state index contributed by atoms with van der Waals surface area (Å²) in [7, 11) is 1.45. The molecular formula is C25H21F4N3O3. The summed E-state index contributed by atoms with van der Waals surface area (Å²) in [5.74, 6) is -0.386. The van der Waals surface area contributed by atoms with Gasteiger partial charge in [0.2, 0.25) is 11.8 Å². The Hall–Kier alpha value is -3.87. The van der Waals surface area contributed by atoms with Crippen LogP contribution in [-0.2, 0) is 27.1 Å². The molecule has 0 atom stereocenters. The van der Waals surface area contributed by atoms with Crippen molar-refractivity contribution >= 4 is 23.4 Å². The lowest BCUT2D eigenvalue weighted by Crippen LogP contribution is -2.73. The number of nitrogens with zero attached hydrogens (tertiary/aromatic N) is 2. The smallest absolute Gasteiger partial charge is 0.359 e. The number of benzene rings is 2. The first-order chi connectivity index (χ1) is 16.5. The zero-order chi connectivity index (χ0) is 25.5. The topological polar surface area (TPSA) is 69.7 Å². The minimum absolute atomic E-state index is 0.0123. The van der Waals surface area contributed by atoms with Gasteiger partial charge in [-0.2, -0.15) is 13.2 Å². The third-order valence-electron chi connectivity index (χ3n) is 6.57. The summed E-state index contributed by atoms with van der Waals surface area (Å²) in [5.41, 5.74) is -1.72. The molecule has 35 heavy (non-hydrogen) atoms. The van der Waals surface area contributed by atoms with Crippen LogP contribution < -0.4 is 10.2 Å². The Bertz CT molecular complexity index is 1230. The van der Waals surface area contributed by atoms with E-state index < -0.39 is 47.4 Å². The van der Waals surface area contributed by atoms with Crippen LogP contribution in [0.3, 0.4) is 0 Å². The summed E-state index contributed by atoms with van der Waals surface area (Å²) in [6.07, 6.45) is 0.809. The Labute approximate surface area is 198 Å². The van der Waals surface area contributed by atoms with Gasteiger partial charge in [-0.15, -0.1) is 6.42 Å². The van der Waals surface area contributed by atoms with E-state index in [1.165, 1.54) is 36.2 Å². The first-order valence-electron chi connectivity index (χ1n) is 10.8. The maximum atomic E-state index is 14.8. The first-order valence-corrected chi connectivity index (χ1v) is 10.8. The molecule has 4 rings (SSSR count). The molecule has 2 fully saturated rings. The van der Waals surface area contributed by atoms with Crippen LogP contribution in [-0.4, -0.2) is 41.8 Å². The van der Waals surface area contributed by atoms with E-state index in [2.05, 4.69) is 11.2 Å². The van der Waals surface area contributed by atoms with Crippen molar-refractivity contribution in [2.75, 3.05) is 18.5 Å². The van der Waals surface area contributed by atoms with Gasteiger partial charge in [-0.1, -0.05) is 18.1 Å². The number of hydrogen-bond donors (Lipinski definition) is 1. The highest BCUT2D eigenvalue weighted by Gasteiger charge is 2.61. The molecule has 0 radical (unpaired) electrons. The quantitative estimate of drug-likeness (QED) is 0.533. The largest absolute Gasteiger partial charge is 0.416 e. The molecule has 1 saturated carbocycles. The number of rotatable bonds is 4. The van der Waals surface area contributed by atoms with Gasteiger partial charge in [-0.05, 0) is 48.7 Å². The van der Waals surface area contributed by atoms with Crippen LogP contribution in [0.25, 0.3) is 0 Å². The molecule has 10 heteroatoms. The van der Waals surface area contributed by atoms with E-state index >= 15 is 0 Å². The standard InChI is InChI=1S/C25H21F4N3O3/c1-3-15-6-9-20(19(26)10-15)31-14-21(33)32(13-16-4-7-18(8-5-16)25(27,28)29)24(23(31)35)11-17(12-24)22(34)30-2/h1,4-10,17H,11-14H2,2H3,(H,30,34). The van der Waals surface area contributed by atoms with Gasteiger partial charge in [0.15, 0.2) is 0 Å². The second kappa shape index (κ2) is 8.73. The summed E-state index contributed by atoms with van der Waals surface area (Å²) < 4.78 is 53.5. The van der Waals surface area contributed by atoms with Gasteiger partial charge in [0.1, 0.15) is 17.9 Å². The average molecular weight is 487 g/mol. The third-order valence-corrected chi connectivity index (χ3v) is 6.57. The van der Waals surface area contributed by atoms with Crippen LogP contribution in [0.2, 0.25) is 0 Å². The van der Waals surface area contributed by atoms with Crippen molar-refractivity contribution in [3.63, 3.8) is 0 Å². The zero-order valence-electron chi connectivity index (χ0n) is 18.7. The fourth-order valence-corrected chi connectivity index (χ4v) is 4.67. The number of carbonyl (C=O) groups excluding carboxylic acids is 3. The molecule has 2 aromatic carbocycles. The molecule has 2 aromatic rings. The molecule has 1 saturated heterocycles. The van der Waals surface area contributed by atoms with Gasteiger partial charge >= 0.3 is 6.18 Å². The minimum atomic E-state index is -4.51. The van der Waals surface area contributed by atoms with Crippen molar-refractivity contribution in [3.05, 3.63) is 65.0 Å². The van der Waals surface area contributed by atoms with Crippen LogP contribution in [0.5, 0.6) is 0 Å². The predicted octanol–water partition coefficient (Wildman–Crippen LogP) is 3.10. The van der Waals surface area contributed by atoms with Gasteiger partial charge in [0, 0.05) is 25.1 Å². The number of hydrogen-bond acceptors (Lipinski definition) is 3. The molecule has 1 N–H and O–H groups in total. The van der Waals surface area contributed by atoms with E-state index in [9.17, 15) is 31.9 Å². The lowest BCUT2D eigenvalue weighted by atomic mass is 9.64. The molecule has 1 spiro atoms. The monoisotopic (exact) mass is 487 g/mol. The van der Waals surface area contributed by atoms with E-state index in [-0.39, 0.29) is 36.5 Å². The molecule has 0 unspecified atom stereocenters. The lowest BCUT2D eigenvalue weighted by Gasteiger charge is -2.56. The van der Waals surface area contributed by atoms with Crippen LogP contribution >= 0.6 is 0 Å². The Balaban J connectivity index is 1.67. The second-order valence-electron chi connectivity index (χ2n) is 8.63. The molecule has 182 valence electrons. The van der Waals surface area contributed by atoms with Crippen molar-refractivity contribution < 1.29 is 31.9 Å². The second-order valence-corrected chi connectivity index (χ2v) is 8.63. The molecule has 1 aliphatic heterocycles. The van der Waals surface area contributed by atoms with Crippen LogP contribution in [0, 0.1) is 24.1 Å². The van der Waals surface area contributed by atoms with Crippen LogP contribution in [0.4, 0.5) is 23.2 Å². The number of piperazine rings is 1. The molecular weight excluding hydrogens is 466 g/mol. The number of halogens is 4. The number of anilines is 1. The highest BCUT2D eigenvalue weighted by molar-refractivity contribution is 6.10. The van der Waals surface area contributed by atoms with Gasteiger partial charge in [-0.25, -0.2) is 4.39 Å². The first kappa shape index (κ1) is 24.3.